The summed E-state index contributed by atoms with van der Waals surface area (Å²) in [7, 11) is 0. The van der Waals surface area contributed by atoms with Crippen LogP contribution in [0.4, 0.5) is 0 Å². The molecule has 24 heavy (non-hydrogen) atoms. The average Bonchev–Trinajstić information content (AvgIpc) is 3.09. The van der Waals surface area contributed by atoms with Crippen molar-refractivity contribution in [2.75, 3.05) is 0 Å². The minimum Gasteiger partial charge on any atom is -0.349 e. The van der Waals surface area contributed by atoms with Crippen LogP contribution in [0.2, 0.25) is 0 Å². The molecule has 1 amide bonds. The van der Waals surface area contributed by atoms with Crippen LogP contribution >= 0.6 is 0 Å². The Morgan fingerprint density at radius 3 is 2.79 bits per heavy atom. The van der Waals surface area contributed by atoms with E-state index in [0.717, 1.165) is 12.2 Å². The number of carbonyl (C=O) groups excluding carboxylic acids is 1. The number of aromatic nitrogens is 3. The predicted octanol–water partition coefficient (Wildman–Crippen LogP) is 3.46. The topological polar surface area (TPSA) is 59.8 Å². The molecule has 2 aromatic heterocycles. The Morgan fingerprint density at radius 1 is 1.33 bits per heavy atom. The molecule has 3 unspecified atom stereocenters. The first-order valence-corrected chi connectivity index (χ1v) is 8.80. The normalized spacial score (nSPS) is 24.1. The van der Waals surface area contributed by atoms with Crippen LogP contribution in [0.3, 0.4) is 0 Å². The Morgan fingerprint density at radius 2 is 2.17 bits per heavy atom. The van der Waals surface area contributed by atoms with Crippen molar-refractivity contribution >= 4 is 5.91 Å². The van der Waals surface area contributed by atoms with E-state index >= 15 is 0 Å². The molecule has 3 rings (SSSR count). The van der Waals surface area contributed by atoms with E-state index in [-0.39, 0.29) is 11.9 Å². The summed E-state index contributed by atoms with van der Waals surface area (Å²) in [6, 6.07) is 3.93. The van der Waals surface area contributed by atoms with Crippen LogP contribution in [-0.2, 0) is 0 Å². The second-order valence-electron chi connectivity index (χ2n) is 7.28. The lowest BCUT2D eigenvalue weighted by molar-refractivity contribution is 0.0867. The van der Waals surface area contributed by atoms with Gasteiger partial charge in [-0.2, -0.15) is 0 Å². The minimum atomic E-state index is -0.0237. The number of imidazole rings is 1. The molecule has 0 spiro atoms. The highest BCUT2D eigenvalue weighted by molar-refractivity contribution is 5.94. The lowest BCUT2D eigenvalue weighted by atomic mass is 9.74. The number of amides is 1. The fourth-order valence-corrected chi connectivity index (χ4v) is 3.69. The van der Waals surface area contributed by atoms with Gasteiger partial charge in [-0.1, -0.05) is 27.2 Å². The van der Waals surface area contributed by atoms with E-state index in [2.05, 4.69) is 36.1 Å². The lowest BCUT2D eigenvalue weighted by Gasteiger charge is -2.37. The predicted molar refractivity (Wildman–Crippen MR) is 94.0 cm³/mol. The zero-order valence-corrected chi connectivity index (χ0v) is 14.6. The molecule has 128 valence electrons. The van der Waals surface area contributed by atoms with Crippen molar-refractivity contribution in [3.63, 3.8) is 0 Å². The van der Waals surface area contributed by atoms with Gasteiger partial charge in [0.15, 0.2) is 0 Å². The monoisotopic (exact) mass is 326 g/mol. The Hall–Kier alpha value is -2.17. The van der Waals surface area contributed by atoms with Gasteiger partial charge >= 0.3 is 0 Å². The Balaban J connectivity index is 1.69. The van der Waals surface area contributed by atoms with Gasteiger partial charge in [0.2, 0.25) is 0 Å². The quantitative estimate of drug-likeness (QED) is 0.936. The van der Waals surface area contributed by atoms with E-state index in [1.54, 1.807) is 18.7 Å². The number of pyridine rings is 1. The largest absolute Gasteiger partial charge is 0.349 e. The third-order valence-electron chi connectivity index (χ3n) is 5.12. The molecule has 0 bridgehead atoms. The van der Waals surface area contributed by atoms with Gasteiger partial charge in [-0.05, 0) is 42.7 Å². The first-order chi connectivity index (χ1) is 11.5. The van der Waals surface area contributed by atoms with Gasteiger partial charge in [0.25, 0.3) is 5.91 Å². The van der Waals surface area contributed by atoms with E-state index in [0.29, 0.717) is 23.3 Å². The summed E-state index contributed by atoms with van der Waals surface area (Å²) in [6.45, 7) is 6.78. The zero-order valence-electron chi connectivity index (χ0n) is 14.6. The first kappa shape index (κ1) is 16.7. The highest BCUT2D eigenvalue weighted by Crippen LogP contribution is 2.33. The van der Waals surface area contributed by atoms with Gasteiger partial charge in [-0.3, -0.25) is 9.36 Å². The third-order valence-corrected chi connectivity index (χ3v) is 5.12. The van der Waals surface area contributed by atoms with Gasteiger partial charge in [0.05, 0.1) is 5.56 Å². The highest BCUT2D eigenvalue weighted by Gasteiger charge is 2.31. The number of nitrogens with zero attached hydrogens (tertiary/aromatic N) is 3. The van der Waals surface area contributed by atoms with Gasteiger partial charge in [0.1, 0.15) is 12.1 Å². The van der Waals surface area contributed by atoms with Gasteiger partial charge < -0.3 is 5.32 Å². The number of rotatable bonds is 4. The highest BCUT2D eigenvalue weighted by atomic mass is 16.1. The number of carbonyl (C=O) groups is 1. The minimum absolute atomic E-state index is 0.0237. The van der Waals surface area contributed by atoms with E-state index in [4.69, 9.17) is 0 Å². The van der Waals surface area contributed by atoms with Crippen LogP contribution < -0.4 is 5.32 Å². The fraction of sp³-hybridized carbons (Fsp3) is 0.526. The molecule has 3 atom stereocenters. The summed E-state index contributed by atoms with van der Waals surface area (Å²) < 4.78 is 1.82. The summed E-state index contributed by atoms with van der Waals surface area (Å²) in [6.07, 6.45) is 10.4. The van der Waals surface area contributed by atoms with Crippen molar-refractivity contribution in [3.05, 3.63) is 42.6 Å². The zero-order chi connectivity index (χ0) is 17.1. The maximum atomic E-state index is 12.6. The van der Waals surface area contributed by atoms with Crippen molar-refractivity contribution in [3.8, 4) is 5.82 Å². The van der Waals surface area contributed by atoms with E-state index in [9.17, 15) is 4.79 Å². The fourth-order valence-electron chi connectivity index (χ4n) is 3.69. The number of hydrogen-bond donors (Lipinski definition) is 1. The summed E-state index contributed by atoms with van der Waals surface area (Å²) >= 11 is 0. The Kier molecular flexibility index (Phi) is 4.97. The molecule has 1 aliphatic rings. The molecule has 2 heterocycles. The molecule has 0 radical (unpaired) electrons. The standard InChI is InChI=1S/C19H26N4O/c1-13(2)16-6-4-14(3)10-17(16)22-19(24)15-5-7-18(21-11-15)23-9-8-20-12-23/h5,7-9,11-14,16-17H,4,6,10H2,1-3H3,(H,22,24). The molecule has 2 aromatic rings. The van der Waals surface area contributed by atoms with Crippen LogP contribution in [0.5, 0.6) is 0 Å². The molecule has 0 saturated heterocycles. The van der Waals surface area contributed by atoms with Crippen LogP contribution in [0, 0.1) is 17.8 Å². The van der Waals surface area contributed by atoms with Crippen LogP contribution in [0.25, 0.3) is 5.82 Å². The van der Waals surface area contributed by atoms with Gasteiger partial charge in [-0.15, -0.1) is 0 Å². The van der Waals surface area contributed by atoms with Crippen LogP contribution in [-0.4, -0.2) is 26.5 Å². The second kappa shape index (κ2) is 7.16. The van der Waals surface area contributed by atoms with Gasteiger partial charge in [-0.25, -0.2) is 9.97 Å². The van der Waals surface area contributed by atoms with Crippen molar-refractivity contribution < 1.29 is 4.79 Å². The summed E-state index contributed by atoms with van der Waals surface area (Å²) in [5, 5.41) is 3.25. The molecule has 1 fully saturated rings. The van der Waals surface area contributed by atoms with Crippen LogP contribution in [0.1, 0.15) is 50.4 Å². The number of nitrogens with one attached hydrogen (secondary N) is 1. The summed E-state index contributed by atoms with van der Waals surface area (Å²) in [4.78, 5) is 21.0. The summed E-state index contributed by atoms with van der Waals surface area (Å²) in [5.41, 5.74) is 0.611. The Labute approximate surface area is 143 Å². The lowest BCUT2D eigenvalue weighted by Crippen LogP contribution is -2.45. The maximum absolute atomic E-state index is 12.6. The van der Waals surface area contributed by atoms with Crippen molar-refractivity contribution in [1.29, 1.82) is 0 Å². The smallest absolute Gasteiger partial charge is 0.253 e. The molecular formula is C19H26N4O. The maximum Gasteiger partial charge on any atom is 0.253 e. The van der Waals surface area contributed by atoms with Crippen LogP contribution in [0.15, 0.2) is 37.1 Å². The van der Waals surface area contributed by atoms with E-state index in [1.165, 1.54) is 12.8 Å². The van der Waals surface area contributed by atoms with Crippen molar-refractivity contribution in [2.24, 2.45) is 17.8 Å². The summed E-state index contributed by atoms with van der Waals surface area (Å²) in [5.74, 6) is 2.56. The SMILES string of the molecule is CC1CCC(C(C)C)C(NC(=O)c2ccc(-n3ccnc3)nc2)C1. The molecule has 1 aliphatic carbocycles. The first-order valence-electron chi connectivity index (χ1n) is 8.80. The molecule has 5 nitrogen and oxygen atoms in total. The Bertz CT molecular complexity index is 663. The molecule has 0 aliphatic heterocycles. The molecule has 0 aromatic carbocycles. The van der Waals surface area contributed by atoms with Crippen molar-refractivity contribution in [2.45, 2.75) is 46.1 Å². The molecule has 1 saturated carbocycles. The molecule has 5 heteroatoms. The van der Waals surface area contributed by atoms with Gasteiger partial charge in [0, 0.05) is 24.6 Å². The average molecular weight is 326 g/mol. The molecular weight excluding hydrogens is 300 g/mol. The van der Waals surface area contributed by atoms with E-state index < -0.39 is 0 Å². The third kappa shape index (κ3) is 3.66. The molecule has 1 N–H and O–H groups in total. The van der Waals surface area contributed by atoms with Crippen molar-refractivity contribution in [1.82, 2.24) is 19.9 Å². The second-order valence-corrected chi connectivity index (χ2v) is 7.28. The number of hydrogen-bond acceptors (Lipinski definition) is 3. The van der Waals surface area contributed by atoms with E-state index in [1.807, 2.05) is 22.9 Å².